The Morgan fingerprint density at radius 1 is 1.50 bits per heavy atom. The third kappa shape index (κ3) is 3.13. The molecule has 0 fully saturated rings. The van der Waals surface area contributed by atoms with Crippen molar-refractivity contribution in [3.63, 3.8) is 0 Å². The monoisotopic (exact) mass is 233 g/mol. The van der Waals surface area contributed by atoms with Crippen LogP contribution >= 0.6 is 15.9 Å². The van der Waals surface area contributed by atoms with Gasteiger partial charge in [0, 0.05) is 12.6 Å². The summed E-state index contributed by atoms with van der Waals surface area (Å²) in [4.78, 5) is 7.80. The first-order chi connectivity index (χ1) is 5.83. The van der Waals surface area contributed by atoms with Crippen LogP contribution in [-0.2, 0) is 0 Å². The van der Waals surface area contributed by atoms with Crippen LogP contribution < -0.4 is 5.32 Å². The van der Waals surface area contributed by atoms with E-state index in [1.165, 1.54) is 6.33 Å². The number of halogens is 2. The van der Waals surface area contributed by atoms with E-state index in [2.05, 4.69) is 31.2 Å². The molecule has 1 aromatic rings. The third-order valence-electron chi connectivity index (χ3n) is 1.25. The van der Waals surface area contributed by atoms with E-state index < -0.39 is 0 Å². The molecular formula is C7H9BrFN3. The van der Waals surface area contributed by atoms with Gasteiger partial charge in [0.2, 0.25) is 0 Å². The Balaban J connectivity index is 2.41. The molecular weight excluding hydrogens is 225 g/mol. The average Bonchev–Trinajstić information content (AvgIpc) is 2.05. The molecule has 0 radical (unpaired) electrons. The van der Waals surface area contributed by atoms with Crippen molar-refractivity contribution in [1.82, 2.24) is 9.97 Å². The normalized spacial score (nSPS) is 9.83. The second kappa shape index (κ2) is 5.03. The van der Waals surface area contributed by atoms with Crippen LogP contribution in [0.5, 0.6) is 0 Å². The van der Waals surface area contributed by atoms with E-state index in [0.29, 0.717) is 18.8 Å². The molecule has 0 aliphatic rings. The Labute approximate surface area is 78.5 Å². The molecule has 1 aromatic heterocycles. The molecule has 0 amide bonds. The maximum Gasteiger partial charge on any atom is 0.130 e. The van der Waals surface area contributed by atoms with E-state index in [0.717, 1.165) is 4.60 Å². The van der Waals surface area contributed by atoms with E-state index in [-0.39, 0.29) is 6.67 Å². The second-order valence-electron chi connectivity index (χ2n) is 2.20. The van der Waals surface area contributed by atoms with Crippen molar-refractivity contribution in [2.24, 2.45) is 0 Å². The van der Waals surface area contributed by atoms with Crippen LogP contribution in [0.2, 0.25) is 0 Å². The van der Waals surface area contributed by atoms with Gasteiger partial charge < -0.3 is 5.32 Å². The van der Waals surface area contributed by atoms with Crippen LogP contribution in [-0.4, -0.2) is 23.2 Å². The maximum atomic E-state index is 11.7. The zero-order valence-electron chi connectivity index (χ0n) is 6.43. The minimum Gasteiger partial charge on any atom is -0.370 e. The van der Waals surface area contributed by atoms with Crippen molar-refractivity contribution in [2.45, 2.75) is 6.42 Å². The van der Waals surface area contributed by atoms with Gasteiger partial charge in [-0.1, -0.05) is 0 Å². The van der Waals surface area contributed by atoms with Gasteiger partial charge in [-0.2, -0.15) is 0 Å². The molecule has 0 atom stereocenters. The van der Waals surface area contributed by atoms with Gasteiger partial charge in [0.1, 0.15) is 16.7 Å². The Kier molecular flexibility index (Phi) is 3.93. The summed E-state index contributed by atoms with van der Waals surface area (Å²) in [5.41, 5.74) is 0. The number of nitrogens with one attached hydrogen (secondary N) is 1. The van der Waals surface area contributed by atoms with Crippen LogP contribution in [0.25, 0.3) is 0 Å². The second-order valence-corrected chi connectivity index (χ2v) is 3.01. The van der Waals surface area contributed by atoms with E-state index in [1.807, 2.05) is 0 Å². The van der Waals surface area contributed by atoms with Gasteiger partial charge in [0.15, 0.2) is 0 Å². The highest BCUT2D eigenvalue weighted by molar-refractivity contribution is 9.10. The first-order valence-corrected chi connectivity index (χ1v) is 4.39. The van der Waals surface area contributed by atoms with Gasteiger partial charge in [0.25, 0.3) is 0 Å². The summed E-state index contributed by atoms with van der Waals surface area (Å²) < 4.78 is 12.4. The number of aromatic nitrogens is 2. The van der Waals surface area contributed by atoms with Gasteiger partial charge in [-0.15, -0.1) is 0 Å². The van der Waals surface area contributed by atoms with Crippen LogP contribution in [0.15, 0.2) is 17.0 Å². The summed E-state index contributed by atoms with van der Waals surface area (Å²) in [7, 11) is 0. The van der Waals surface area contributed by atoms with E-state index in [4.69, 9.17) is 0 Å². The predicted octanol–water partition coefficient (Wildman–Crippen LogP) is 2.01. The van der Waals surface area contributed by atoms with Crippen molar-refractivity contribution >= 4 is 21.7 Å². The summed E-state index contributed by atoms with van der Waals surface area (Å²) in [5.74, 6) is 0.713. The van der Waals surface area contributed by atoms with Gasteiger partial charge >= 0.3 is 0 Å². The molecule has 1 N–H and O–H groups in total. The minimum atomic E-state index is -0.306. The third-order valence-corrected chi connectivity index (χ3v) is 1.68. The fourth-order valence-corrected chi connectivity index (χ4v) is 1.02. The van der Waals surface area contributed by atoms with Crippen molar-refractivity contribution < 1.29 is 4.39 Å². The molecule has 0 aliphatic carbocycles. The molecule has 5 heteroatoms. The molecule has 12 heavy (non-hydrogen) atoms. The van der Waals surface area contributed by atoms with Crippen LogP contribution in [0.3, 0.4) is 0 Å². The van der Waals surface area contributed by atoms with Crippen LogP contribution in [0.4, 0.5) is 10.2 Å². The summed E-state index contributed by atoms with van der Waals surface area (Å²) in [6.45, 7) is 0.291. The minimum absolute atomic E-state index is 0.306. The molecule has 0 aliphatic heterocycles. The first kappa shape index (κ1) is 9.38. The predicted molar refractivity (Wildman–Crippen MR) is 48.8 cm³/mol. The molecule has 1 heterocycles. The summed E-state index contributed by atoms with van der Waals surface area (Å²) >= 11 is 3.21. The lowest BCUT2D eigenvalue weighted by Gasteiger charge is -2.02. The quantitative estimate of drug-likeness (QED) is 0.639. The lowest BCUT2D eigenvalue weighted by molar-refractivity contribution is 0.481. The Morgan fingerprint density at radius 3 is 3.00 bits per heavy atom. The zero-order valence-corrected chi connectivity index (χ0v) is 8.01. The van der Waals surface area contributed by atoms with Crippen molar-refractivity contribution in [3.8, 4) is 0 Å². The maximum absolute atomic E-state index is 11.7. The van der Waals surface area contributed by atoms with Crippen LogP contribution in [0, 0.1) is 0 Å². The number of rotatable bonds is 4. The zero-order chi connectivity index (χ0) is 8.81. The number of anilines is 1. The Bertz CT molecular complexity index is 244. The highest BCUT2D eigenvalue weighted by Gasteiger charge is 1.93. The summed E-state index contributed by atoms with van der Waals surface area (Å²) in [6.07, 6.45) is 1.95. The smallest absolute Gasteiger partial charge is 0.130 e. The lowest BCUT2D eigenvalue weighted by Crippen LogP contribution is -2.03. The van der Waals surface area contributed by atoms with Gasteiger partial charge in [0.05, 0.1) is 6.67 Å². The molecule has 0 bridgehead atoms. The fourth-order valence-electron chi connectivity index (χ4n) is 0.714. The summed E-state index contributed by atoms with van der Waals surface area (Å²) in [6, 6.07) is 1.75. The van der Waals surface area contributed by atoms with E-state index >= 15 is 0 Å². The number of hydrogen-bond acceptors (Lipinski definition) is 3. The largest absolute Gasteiger partial charge is 0.370 e. The van der Waals surface area contributed by atoms with Crippen molar-refractivity contribution in [2.75, 3.05) is 18.5 Å². The average molecular weight is 234 g/mol. The first-order valence-electron chi connectivity index (χ1n) is 3.60. The molecule has 0 saturated heterocycles. The number of alkyl halides is 1. The summed E-state index contributed by atoms with van der Waals surface area (Å²) in [5, 5.41) is 2.97. The van der Waals surface area contributed by atoms with Crippen molar-refractivity contribution in [1.29, 1.82) is 0 Å². The highest BCUT2D eigenvalue weighted by atomic mass is 79.9. The molecule has 0 spiro atoms. The molecule has 66 valence electrons. The van der Waals surface area contributed by atoms with E-state index in [1.54, 1.807) is 6.07 Å². The van der Waals surface area contributed by atoms with Gasteiger partial charge in [-0.25, -0.2) is 9.97 Å². The fraction of sp³-hybridized carbons (Fsp3) is 0.429. The molecule has 0 saturated carbocycles. The topological polar surface area (TPSA) is 37.8 Å². The molecule has 0 unspecified atom stereocenters. The van der Waals surface area contributed by atoms with Gasteiger partial charge in [-0.3, -0.25) is 4.39 Å². The Hall–Kier alpha value is -0.710. The standard InChI is InChI=1S/C7H9BrFN3/c8-6-4-7(12-5-11-6)10-3-1-2-9/h4-5H,1-3H2,(H,10,11,12). The number of hydrogen-bond donors (Lipinski definition) is 1. The van der Waals surface area contributed by atoms with Gasteiger partial charge in [-0.05, 0) is 22.4 Å². The SMILES string of the molecule is FCCCNc1cc(Br)ncn1. The molecule has 3 nitrogen and oxygen atoms in total. The Morgan fingerprint density at radius 2 is 2.33 bits per heavy atom. The molecule has 1 rings (SSSR count). The highest BCUT2D eigenvalue weighted by Crippen LogP contribution is 2.08. The van der Waals surface area contributed by atoms with Crippen LogP contribution in [0.1, 0.15) is 6.42 Å². The lowest BCUT2D eigenvalue weighted by atomic mass is 10.4. The number of nitrogens with zero attached hydrogens (tertiary/aromatic N) is 2. The van der Waals surface area contributed by atoms with E-state index in [9.17, 15) is 4.39 Å². The molecule has 0 aromatic carbocycles. The van der Waals surface area contributed by atoms with Crippen molar-refractivity contribution in [3.05, 3.63) is 17.0 Å².